The summed E-state index contributed by atoms with van der Waals surface area (Å²) in [6.45, 7) is -2.06. The molecular formula is C18H18F2N3O2+. The second kappa shape index (κ2) is 8.76. The molecule has 0 aliphatic rings. The van der Waals surface area contributed by atoms with Crippen LogP contribution in [0.5, 0.6) is 5.75 Å². The first-order valence-electron chi connectivity index (χ1n) is 7.61. The number of hydrogen-bond acceptors (Lipinski definition) is 3. The number of hydrogen-bond donors (Lipinski definition) is 2. The molecule has 1 atom stereocenters. The largest absolute Gasteiger partial charge is 0.435 e. The summed E-state index contributed by atoms with van der Waals surface area (Å²) in [6, 6.07) is 15.0. The highest BCUT2D eigenvalue weighted by atomic mass is 19.3. The van der Waals surface area contributed by atoms with Crippen LogP contribution in [0.1, 0.15) is 11.1 Å². The molecule has 1 unspecified atom stereocenters. The van der Waals surface area contributed by atoms with Gasteiger partial charge in [-0.25, -0.2) is 0 Å². The fourth-order valence-corrected chi connectivity index (χ4v) is 2.35. The van der Waals surface area contributed by atoms with Crippen molar-refractivity contribution in [1.29, 1.82) is 5.26 Å². The van der Waals surface area contributed by atoms with Crippen molar-refractivity contribution in [1.82, 2.24) is 0 Å². The number of nitrogens with one attached hydrogen (secondary N) is 2. The number of likely N-dealkylation sites (N-methyl/N-ethyl adjacent to an activating group) is 1. The van der Waals surface area contributed by atoms with E-state index in [9.17, 15) is 13.6 Å². The van der Waals surface area contributed by atoms with Crippen LogP contribution in [-0.4, -0.2) is 26.1 Å². The third-order valence-corrected chi connectivity index (χ3v) is 3.39. The topological polar surface area (TPSA) is 66.6 Å². The van der Waals surface area contributed by atoms with E-state index in [-0.39, 0.29) is 18.2 Å². The number of nitriles is 1. The van der Waals surface area contributed by atoms with E-state index in [1.54, 1.807) is 36.4 Å². The molecular weight excluding hydrogens is 328 g/mol. The van der Waals surface area contributed by atoms with E-state index in [0.29, 0.717) is 17.8 Å². The Morgan fingerprint density at radius 2 is 2.00 bits per heavy atom. The van der Waals surface area contributed by atoms with Crippen molar-refractivity contribution in [3.63, 3.8) is 0 Å². The fourth-order valence-electron chi connectivity index (χ4n) is 2.35. The van der Waals surface area contributed by atoms with Crippen molar-refractivity contribution in [2.45, 2.75) is 13.2 Å². The fraction of sp³-hybridized carbons (Fsp3) is 0.222. The molecule has 0 aliphatic carbocycles. The number of halogens is 2. The van der Waals surface area contributed by atoms with Gasteiger partial charge in [0.15, 0.2) is 6.54 Å². The summed E-state index contributed by atoms with van der Waals surface area (Å²) in [5.41, 5.74) is 1.95. The van der Waals surface area contributed by atoms with Gasteiger partial charge in [-0.2, -0.15) is 14.0 Å². The van der Waals surface area contributed by atoms with Crippen LogP contribution in [0.25, 0.3) is 0 Å². The zero-order chi connectivity index (χ0) is 18.2. The predicted octanol–water partition coefficient (Wildman–Crippen LogP) is 1.81. The molecule has 5 nitrogen and oxygen atoms in total. The van der Waals surface area contributed by atoms with Crippen LogP contribution in [-0.2, 0) is 11.3 Å². The smallest absolute Gasteiger partial charge is 0.387 e. The minimum Gasteiger partial charge on any atom is -0.435 e. The van der Waals surface area contributed by atoms with Gasteiger partial charge in [0.2, 0.25) is 0 Å². The summed E-state index contributed by atoms with van der Waals surface area (Å²) >= 11 is 0. The van der Waals surface area contributed by atoms with Crippen LogP contribution in [0, 0.1) is 11.3 Å². The third-order valence-electron chi connectivity index (χ3n) is 3.39. The molecule has 1 amide bonds. The highest BCUT2D eigenvalue weighted by Gasteiger charge is 2.12. The standard InChI is InChI=1S/C18H17F2N3O2/c1-23(11-13-5-7-16(8-6-13)25-18(19)20)12-17(24)22-15-4-2-3-14(9-15)10-21/h2-9,18H,11-12H2,1H3,(H,22,24)/p+1. The van der Waals surface area contributed by atoms with Crippen molar-refractivity contribution < 1.29 is 23.2 Å². The Kier molecular flexibility index (Phi) is 6.43. The molecule has 0 bridgehead atoms. The second-order valence-corrected chi connectivity index (χ2v) is 5.57. The van der Waals surface area contributed by atoms with Gasteiger partial charge >= 0.3 is 6.61 Å². The van der Waals surface area contributed by atoms with Gasteiger partial charge in [-0.15, -0.1) is 0 Å². The van der Waals surface area contributed by atoms with Gasteiger partial charge in [0.25, 0.3) is 5.91 Å². The molecule has 2 rings (SSSR count). The molecule has 130 valence electrons. The summed E-state index contributed by atoms with van der Waals surface area (Å²) < 4.78 is 28.5. The number of benzene rings is 2. The Balaban J connectivity index is 1.85. The minimum atomic E-state index is -2.85. The quantitative estimate of drug-likeness (QED) is 0.804. The maximum absolute atomic E-state index is 12.1. The molecule has 0 heterocycles. The van der Waals surface area contributed by atoms with E-state index >= 15 is 0 Å². The lowest BCUT2D eigenvalue weighted by atomic mass is 10.2. The number of anilines is 1. The summed E-state index contributed by atoms with van der Waals surface area (Å²) in [4.78, 5) is 13.0. The SMILES string of the molecule is C[NH+](CC(=O)Nc1cccc(C#N)c1)Cc1ccc(OC(F)F)cc1. The van der Waals surface area contributed by atoms with E-state index in [4.69, 9.17) is 5.26 Å². The van der Waals surface area contributed by atoms with Crippen molar-refractivity contribution in [2.24, 2.45) is 0 Å². The van der Waals surface area contributed by atoms with Gasteiger partial charge in [0.05, 0.1) is 18.7 Å². The second-order valence-electron chi connectivity index (χ2n) is 5.57. The lowest BCUT2D eigenvalue weighted by Crippen LogP contribution is -3.08. The molecule has 0 saturated carbocycles. The molecule has 0 spiro atoms. The molecule has 7 heteroatoms. The van der Waals surface area contributed by atoms with E-state index in [2.05, 4.69) is 10.1 Å². The predicted molar refractivity (Wildman–Crippen MR) is 88.3 cm³/mol. The van der Waals surface area contributed by atoms with Gasteiger partial charge in [-0.3, -0.25) is 4.79 Å². The lowest BCUT2D eigenvalue weighted by Gasteiger charge is -2.14. The maximum Gasteiger partial charge on any atom is 0.387 e. The van der Waals surface area contributed by atoms with Gasteiger partial charge in [0.1, 0.15) is 12.3 Å². The van der Waals surface area contributed by atoms with Crippen LogP contribution in [0.3, 0.4) is 0 Å². The Bertz CT molecular complexity index is 758. The Morgan fingerprint density at radius 3 is 2.64 bits per heavy atom. The number of amides is 1. The first kappa shape index (κ1) is 18.4. The van der Waals surface area contributed by atoms with E-state index in [1.165, 1.54) is 12.1 Å². The number of quaternary nitrogens is 1. The normalized spacial score (nSPS) is 11.6. The number of nitrogens with zero attached hydrogens (tertiary/aromatic N) is 1. The van der Waals surface area contributed by atoms with Crippen molar-refractivity contribution in [3.8, 4) is 11.8 Å². The Morgan fingerprint density at radius 1 is 1.28 bits per heavy atom. The van der Waals surface area contributed by atoms with E-state index < -0.39 is 6.61 Å². The van der Waals surface area contributed by atoms with Crippen LogP contribution >= 0.6 is 0 Å². The van der Waals surface area contributed by atoms with Crippen molar-refractivity contribution in [2.75, 3.05) is 18.9 Å². The molecule has 25 heavy (non-hydrogen) atoms. The third kappa shape index (κ3) is 6.20. The Labute approximate surface area is 144 Å². The van der Waals surface area contributed by atoms with Gasteiger partial charge in [0, 0.05) is 11.3 Å². The van der Waals surface area contributed by atoms with Crippen molar-refractivity contribution in [3.05, 3.63) is 59.7 Å². The average molecular weight is 346 g/mol. The summed E-state index contributed by atoms with van der Waals surface area (Å²) in [5, 5.41) is 11.6. The Hall–Kier alpha value is -2.98. The number of alkyl halides is 2. The molecule has 2 aromatic rings. The van der Waals surface area contributed by atoms with E-state index in [1.807, 2.05) is 13.1 Å². The summed E-state index contributed by atoms with van der Waals surface area (Å²) in [7, 11) is 1.86. The van der Waals surface area contributed by atoms with Crippen LogP contribution < -0.4 is 15.0 Å². The number of carbonyl (C=O) groups excluding carboxylic acids is 1. The van der Waals surface area contributed by atoms with Crippen LogP contribution in [0.4, 0.5) is 14.5 Å². The molecule has 0 radical (unpaired) electrons. The molecule has 0 fully saturated rings. The molecule has 0 aromatic heterocycles. The van der Waals surface area contributed by atoms with Crippen LogP contribution in [0.15, 0.2) is 48.5 Å². The molecule has 0 aliphatic heterocycles. The van der Waals surface area contributed by atoms with Gasteiger partial charge in [-0.1, -0.05) is 6.07 Å². The lowest BCUT2D eigenvalue weighted by molar-refractivity contribution is -0.885. The van der Waals surface area contributed by atoms with E-state index in [0.717, 1.165) is 10.5 Å². The number of rotatable bonds is 7. The van der Waals surface area contributed by atoms with Gasteiger partial charge in [-0.05, 0) is 42.5 Å². The number of ether oxygens (including phenoxy) is 1. The monoisotopic (exact) mass is 346 g/mol. The first-order chi connectivity index (χ1) is 12.0. The summed E-state index contributed by atoms with van der Waals surface area (Å²) in [5.74, 6) is -0.0724. The van der Waals surface area contributed by atoms with Gasteiger partial charge < -0.3 is 15.0 Å². The zero-order valence-electron chi connectivity index (χ0n) is 13.6. The molecule has 2 N–H and O–H groups in total. The van der Waals surface area contributed by atoms with Crippen LogP contribution in [0.2, 0.25) is 0 Å². The average Bonchev–Trinajstić information content (AvgIpc) is 2.56. The minimum absolute atomic E-state index is 0.103. The number of carbonyl (C=O) groups is 1. The molecule has 2 aromatic carbocycles. The summed E-state index contributed by atoms with van der Waals surface area (Å²) in [6.07, 6.45) is 0. The maximum atomic E-state index is 12.1. The highest BCUT2D eigenvalue weighted by Crippen LogP contribution is 2.14. The molecule has 0 saturated heterocycles. The zero-order valence-corrected chi connectivity index (χ0v) is 13.6. The first-order valence-corrected chi connectivity index (χ1v) is 7.61. The highest BCUT2D eigenvalue weighted by molar-refractivity contribution is 5.91. The van der Waals surface area contributed by atoms with Crippen molar-refractivity contribution >= 4 is 11.6 Å².